The molecule has 0 bridgehead atoms. The molecule has 71 heavy (non-hydrogen) atoms. The fraction of sp³-hybridized carbons (Fsp3) is 0.522. The van der Waals surface area contributed by atoms with E-state index in [1.54, 1.807) is 16.7 Å². The summed E-state index contributed by atoms with van der Waals surface area (Å²) in [7, 11) is 0. The van der Waals surface area contributed by atoms with Crippen LogP contribution < -0.4 is 25.5 Å². The van der Waals surface area contributed by atoms with Crippen LogP contribution in [0.4, 0.5) is 34.1 Å². The lowest BCUT2D eigenvalue weighted by atomic mass is 9.36. The average Bonchev–Trinajstić information content (AvgIpc) is 3.68. The second-order valence-corrected chi connectivity index (χ2v) is 29.9. The first-order chi connectivity index (χ1) is 33.2. The van der Waals surface area contributed by atoms with Gasteiger partial charge in [0.25, 0.3) is 6.71 Å². The number of hydrogen-bond donors (Lipinski definition) is 0. The molecule has 12 rings (SSSR count). The van der Waals surface area contributed by atoms with E-state index in [9.17, 15) is 0 Å². The molecule has 0 saturated heterocycles. The lowest BCUT2D eigenvalue weighted by molar-refractivity contribution is 0.332. The molecule has 4 aliphatic carbocycles. The number of aryl methyl sites for hydroxylation is 1. The van der Waals surface area contributed by atoms with Gasteiger partial charge in [-0.2, -0.15) is 0 Å². The molecule has 1 fully saturated rings. The summed E-state index contributed by atoms with van der Waals surface area (Å²) in [5, 5.41) is 1.44. The summed E-state index contributed by atoms with van der Waals surface area (Å²) in [5.41, 5.74) is 25.4. The number of hydrogen-bond acceptors (Lipinski definition) is 3. The Kier molecular flexibility index (Phi) is 10.3. The molecule has 370 valence electrons. The van der Waals surface area contributed by atoms with Gasteiger partial charge in [0.2, 0.25) is 0 Å². The smallest absolute Gasteiger partial charge is 0.264 e. The minimum absolute atomic E-state index is 0.00734. The number of fused-ring (bicyclic) bond motifs is 9. The Hall–Kier alpha value is -4.28. The normalized spacial score (nSPS) is 22.0. The quantitative estimate of drug-likeness (QED) is 0.163. The molecule has 0 N–H and O–H groups in total. The number of rotatable bonds is 3. The Morgan fingerprint density at radius 1 is 0.507 bits per heavy atom. The highest BCUT2D eigenvalue weighted by molar-refractivity contribution is 7.33. The standard InChI is InChI=1S/C67H83BN2S/c1-40-32-47-50(66(13,14)30-28-63(47,7)8)38-53(40)70-54-35-43(61(2,3)4)22-25-52(54)68-58-55(33-42(34-56(58)70)41-20-18-17-19-21-41)69(44-23-24-46-48(36-44)64(9,10)27-26-62(46,5)6)59-45-37-49-51(39-57(45)71-60(59)68)67(15,16)31-29-65(49,11)12/h22-25,32-39,41H,17-21,26-31H2,1-16H3. The van der Waals surface area contributed by atoms with Crippen LogP contribution in [0.25, 0.3) is 10.1 Å². The first kappa shape index (κ1) is 47.7. The third-order valence-electron chi connectivity index (χ3n) is 20.1. The van der Waals surface area contributed by atoms with Crippen molar-refractivity contribution in [2.75, 3.05) is 9.80 Å². The van der Waals surface area contributed by atoms with Crippen LogP contribution in [0.1, 0.15) is 230 Å². The molecule has 0 unspecified atom stereocenters. The molecular formula is C67H83BN2S. The van der Waals surface area contributed by atoms with Gasteiger partial charge in [-0.25, -0.2) is 0 Å². The van der Waals surface area contributed by atoms with Gasteiger partial charge in [0.15, 0.2) is 0 Å². The summed E-state index contributed by atoms with van der Waals surface area (Å²) < 4.78 is 2.94. The van der Waals surface area contributed by atoms with Crippen molar-refractivity contribution in [1.29, 1.82) is 0 Å². The second-order valence-electron chi connectivity index (χ2n) is 28.9. The maximum absolute atomic E-state index is 2.83. The van der Waals surface area contributed by atoms with Crippen molar-refractivity contribution in [3.8, 4) is 0 Å². The summed E-state index contributed by atoms with van der Waals surface area (Å²) in [6.07, 6.45) is 13.8. The van der Waals surface area contributed by atoms with Crippen molar-refractivity contribution in [1.82, 2.24) is 0 Å². The third kappa shape index (κ3) is 7.19. The third-order valence-corrected chi connectivity index (χ3v) is 21.3. The van der Waals surface area contributed by atoms with Crippen LogP contribution in [0.3, 0.4) is 0 Å². The number of benzene rings is 5. The highest BCUT2D eigenvalue weighted by atomic mass is 32.1. The Balaban J connectivity index is 1.23. The van der Waals surface area contributed by atoms with Gasteiger partial charge in [-0.05, 0) is 212 Å². The van der Waals surface area contributed by atoms with Crippen LogP contribution in [0.5, 0.6) is 0 Å². The molecule has 1 aromatic heterocycles. The molecular weight excluding hydrogens is 876 g/mol. The van der Waals surface area contributed by atoms with E-state index in [-0.39, 0.29) is 44.6 Å². The highest BCUT2D eigenvalue weighted by Gasteiger charge is 2.49. The Morgan fingerprint density at radius 3 is 1.62 bits per heavy atom. The zero-order valence-corrected chi connectivity index (χ0v) is 47.5. The fourth-order valence-electron chi connectivity index (χ4n) is 14.9. The summed E-state index contributed by atoms with van der Waals surface area (Å²) in [6.45, 7) is 39.7. The van der Waals surface area contributed by atoms with Gasteiger partial charge in [-0.15, -0.1) is 11.3 Å². The predicted molar refractivity (Wildman–Crippen MR) is 311 cm³/mol. The number of anilines is 6. The van der Waals surface area contributed by atoms with Gasteiger partial charge in [0.05, 0.1) is 5.69 Å². The molecule has 2 nitrogen and oxygen atoms in total. The molecule has 0 amide bonds. The number of nitrogens with zero attached hydrogens (tertiary/aromatic N) is 2. The summed E-state index contributed by atoms with van der Waals surface area (Å²) in [5.74, 6) is 0.540. The minimum atomic E-state index is -0.00734. The fourth-order valence-corrected chi connectivity index (χ4v) is 16.2. The van der Waals surface area contributed by atoms with Crippen LogP contribution in [0.15, 0.2) is 72.8 Å². The van der Waals surface area contributed by atoms with Crippen LogP contribution in [-0.2, 0) is 37.9 Å². The summed E-state index contributed by atoms with van der Waals surface area (Å²) in [4.78, 5) is 5.64. The summed E-state index contributed by atoms with van der Waals surface area (Å²) in [6, 6.07) is 31.5. The molecule has 4 heteroatoms. The Labute approximate surface area is 433 Å². The van der Waals surface area contributed by atoms with Crippen LogP contribution in [0, 0.1) is 6.92 Å². The van der Waals surface area contributed by atoms with Gasteiger partial charge in [0, 0.05) is 43.3 Å². The summed E-state index contributed by atoms with van der Waals surface area (Å²) >= 11 is 2.10. The van der Waals surface area contributed by atoms with Crippen molar-refractivity contribution in [2.24, 2.45) is 0 Å². The van der Waals surface area contributed by atoms with E-state index < -0.39 is 0 Å². The molecule has 0 radical (unpaired) electrons. The zero-order chi connectivity index (χ0) is 50.3. The van der Waals surface area contributed by atoms with Gasteiger partial charge in [-0.3, -0.25) is 0 Å². The lowest BCUT2D eigenvalue weighted by Gasteiger charge is -2.47. The van der Waals surface area contributed by atoms with Gasteiger partial charge in [0.1, 0.15) is 0 Å². The Bertz CT molecular complexity index is 3210. The van der Waals surface area contributed by atoms with E-state index in [0.29, 0.717) is 5.92 Å². The van der Waals surface area contributed by atoms with E-state index in [0.717, 1.165) is 0 Å². The van der Waals surface area contributed by atoms with E-state index in [4.69, 9.17) is 0 Å². The van der Waals surface area contributed by atoms with E-state index in [2.05, 4.69) is 205 Å². The first-order valence-electron chi connectivity index (χ1n) is 28.0. The zero-order valence-electron chi connectivity index (χ0n) is 46.7. The molecule has 5 aromatic carbocycles. The van der Waals surface area contributed by atoms with E-state index in [1.807, 2.05) is 0 Å². The predicted octanol–water partition coefficient (Wildman–Crippen LogP) is 17.7. The van der Waals surface area contributed by atoms with Crippen molar-refractivity contribution in [2.45, 2.75) is 225 Å². The first-order valence-corrected chi connectivity index (χ1v) is 28.8. The topological polar surface area (TPSA) is 6.48 Å². The van der Waals surface area contributed by atoms with Gasteiger partial charge < -0.3 is 9.80 Å². The van der Waals surface area contributed by atoms with Crippen molar-refractivity contribution < 1.29 is 0 Å². The van der Waals surface area contributed by atoms with E-state index in [1.165, 1.54) is 164 Å². The van der Waals surface area contributed by atoms with Crippen molar-refractivity contribution in [3.63, 3.8) is 0 Å². The van der Waals surface area contributed by atoms with Crippen molar-refractivity contribution >= 4 is 78.0 Å². The second kappa shape index (κ2) is 15.4. The van der Waals surface area contributed by atoms with E-state index >= 15 is 0 Å². The lowest BCUT2D eigenvalue weighted by Crippen LogP contribution is -2.60. The molecule has 6 aliphatic rings. The largest absolute Gasteiger partial charge is 0.311 e. The highest BCUT2D eigenvalue weighted by Crippen LogP contribution is 2.56. The molecule has 0 atom stereocenters. The average molecular weight is 959 g/mol. The SMILES string of the molecule is Cc1cc2c(cc1N1c3cc(C(C)(C)C)ccc3B3c4sc5cc6c(cc5c4N(c4ccc5c(c4)C(C)(C)CCC5(C)C)c4cc(C5CCCCC5)cc1c43)C(C)(C)CCC6(C)C)C(C)(C)CCC2(C)C. The van der Waals surface area contributed by atoms with Gasteiger partial charge >= 0.3 is 0 Å². The molecule has 2 aliphatic heterocycles. The molecule has 3 heterocycles. The van der Waals surface area contributed by atoms with Crippen LogP contribution in [0.2, 0.25) is 0 Å². The number of thiophene rings is 1. The molecule has 1 saturated carbocycles. The van der Waals surface area contributed by atoms with Crippen LogP contribution >= 0.6 is 11.3 Å². The molecule has 6 aromatic rings. The maximum Gasteiger partial charge on any atom is 0.264 e. The minimum Gasteiger partial charge on any atom is -0.311 e. The monoisotopic (exact) mass is 959 g/mol. The Morgan fingerprint density at radius 2 is 1.03 bits per heavy atom. The van der Waals surface area contributed by atoms with Crippen molar-refractivity contribution in [3.05, 3.63) is 123 Å². The molecule has 0 spiro atoms. The van der Waals surface area contributed by atoms with Gasteiger partial charge in [-0.1, -0.05) is 147 Å². The van der Waals surface area contributed by atoms with Crippen LogP contribution in [-0.4, -0.2) is 6.71 Å². The maximum atomic E-state index is 2.83.